The molecule has 90 valence electrons. The largest absolute Gasteiger partial charge is 0.396 e. The summed E-state index contributed by atoms with van der Waals surface area (Å²) in [5.74, 6) is 0.831. The summed E-state index contributed by atoms with van der Waals surface area (Å²) in [5.41, 5.74) is 10.5. The van der Waals surface area contributed by atoms with Crippen molar-refractivity contribution in [2.24, 2.45) is 0 Å². The van der Waals surface area contributed by atoms with Gasteiger partial charge in [-0.1, -0.05) is 6.07 Å². The maximum atomic E-state index is 6.24. The van der Waals surface area contributed by atoms with E-state index in [1.54, 1.807) is 23.1 Å². The van der Waals surface area contributed by atoms with Crippen LogP contribution in [0.1, 0.15) is 11.5 Å². The van der Waals surface area contributed by atoms with E-state index in [2.05, 4.69) is 15.1 Å². The lowest BCUT2D eigenvalue weighted by molar-refractivity contribution is 0.855. The molecular weight excluding hydrogens is 226 g/mol. The van der Waals surface area contributed by atoms with Gasteiger partial charge in [0.05, 0.1) is 17.6 Å². The maximum absolute atomic E-state index is 6.24. The van der Waals surface area contributed by atoms with Gasteiger partial charge in [-0.25, -0.2) is 9.50 Å². The first-order valence-corrected chi connectivity index (χ1v) is 5.69. The van der Waals surface area contributed by atoms with Crippen LogP contribution in [0.4, 0.5) is 5.69 Å². The molecule has 0 radical (unpaired) electrons. The molecule has 0 fully saturated rings. The number of imidazole rings is 1. The molecule has 5 heteroatoms. The van der Waals surface area contributed by atoms with E-state index in [4.69, 9.17) is 5.73 Å². The Hall–Kier alpha value is -2.43. The zero-order valence-electron chi connectivity index (χ0n) is 10.3. The van der Waals surface area contributed by atoms with Crippen molar-refractivity contribution in [3.8, 4) is 11.1 Å². The molecule has 0 unspecified atom stereocenters. The summed E-state index contributed by atoms with van der Waals surface area (Å²) in [6, 6.07) is 3.87. The number of pyridine rings is 1. The number of nitrogen functional groups attached to an aromatic ring is 1. The third kappa shape index (κ3) is 1.44. The molecule has 0 spiro atoms. The molecule has 0 saturated heterocycles. The lowest BCUT2D eigenvalue weighted by Crippen LogP contribution is -2.04. The fourth-order valence-electron chi connectivity index (χ4n) is 2.15. The number of hydrogen-bond donors (Lipinski definition) is 1. The Morgan fingerprint density at radius 1 is 1.22 bits per heavy atom. The highest BCUT2D eigenvalue weighted by atomic mass is 15.3. The van der Waals surface area contributed by atoms with E-state index in [-0.39, 0.29) is 0 Å². The van der Waals surface area contributed by atoms with E-state index < -0.39 is 0 Å². The van der Waals surface area contributed by atoms with Crippen molar-refractivity contribution in [1.29, 1.82) is 0 Å². The van der Waals surface area contributed by atoms with Gasteiger partial charge in [-0.05, 0) is 19.9 Å². The number of nitrogens with two attached hydrogens (primary N) is 1. The Kier molecular flexibility index (Phi) is 2.26. The van der Waals surface area contributed by atoms with Crippen LogP contribution in [-0.4, -0.2) is 19.6 Å². The summed E-state index contributed by atoms with van der Waals surface area (Å²) < 4.78 is 1.77. The Balaban J connectivity index is 2.37. The summed E-state index contributed by atoms with van der Waals surface area (Å²) >= 11 is 0. The number of rotatable bonds is 1. The predicted octanol–water partition coefficient (Wildman–Crippen LogP) is 1.99. The van der Waals surface area contributed by atoms with Gasteiger partial charge in [-0.15, -0.1) is 0 Å². The minimum atomic E-state index is 0.691. The fraction of sp³-hybridized carbons (Fsp3) is 0.154. The van der Waals surface area contributed by atoms with Crippen molar-refractivity contribution in [1.82, 2.24) is 19.6 Å². The number of aryl methyl sites for hydroxylation is 2. The first-order chi connectivity index (χ1) is 8.68. The summed E-state index contributed by atoms with van der Waals surface area (Å²) in [6.07, 6.45) is 5.28. The van der Waals surface area contributed by atoms with Crippen molar-refractivity contribution in [2.45, 2.75) is 13.8 Å². The van der Waals surface area contributed by atoms with Crippen LogP contribution < -0.4 is 5.73 Å². The lowest BCUT2D eigenvalue weighted by Gasteiger charge is -2.10. The smallest absolute Gasteiger partial charge is 0.127 e. The fourth-order valence-corrected chi connectivity index (χ4v) is 2.15. The van der Waals surface area contributed by atoms with Crippen molar-refractivity contribution in [3.05, 3.63) is 42.2 Å². The van der Waals surface area contributed by atoms with Gasteiger partial charge in [0.25, 0.3) is 0 Å². The van der Waals surface area contributed by atoms with Crippen molar-refractivity contribution in [2.75, 3.05) is 5.73 Å². The van der Waals surface area contributed by atoms with E-state index in [1.165, 1.54) is 0 Å². The van der Waals surface area contributed by atoms with Crippen LogP contribution in [0.25, 0.3) is 16.6 Å². The Morgan fingerprint density at radius 2 is 2.06 bits per heavy atom. The highest BCUT2D eigenvalue weighted by Gasteiger charge is 2.13. The number of hydrogen-bond acceptors (Lipinski definition) is 4. The SMILES string of the molecule is Cc1nn2c(C)ncc2c(N)c1-c1cccnc1. The average Bonchev–Trinajstić information content (AvgIpc) is 2.73. The maximum Gasteiger partial charge on any atom is 0.127 e. The van der Waals surface area contributed by atoms with E-state index in [0.717, 1.165) is 28.2 Å². The zero-order chi connectivity index (χ0) is 12.7. The van der Waals surface area contributed by atoms with E-state index in [1.807, 2.05) is 26.0 Å². The second-order valence-corrected chi connectivity index (χ2v) is 4.22. The third-order valence-corrected chi connectivity index (χ3v) is 3.02. The summed E-state index contributed by atoms with van der Waals surface area (Å²) in [7, 11) is 0. The average molecular weight is 239 g/mol. The molecule has 3 aromatic heterocycles. The molecule has 3 aromatic rings. The van der Waals surface area contributed by atoms with Gasteiger partial charge < -0.3 is 5.73 Å². The second-order valence-electron chi connectivity index (χ2n) is 4.22. The van der Waals surface area contributed by atoms with E-state index >= 15 is 0 Å². The molecule has 2 N–H and O–H groups in total. The van der Waals surface area contributed by atoms with Gasteiger partial charge in [0.15, 0.2) is 0 Å². The van der Waals surface area contributed by atoms with Crippen LogP contribution in [0.2, 0.25) is 0 Å². The molecule has 0 bridgehead atoms. The molecule has 3 heterocycles. The molecule has 5 nitrogen and oxygen atoms in total. The monoisotopic (exact) mass is 239 g/mol. The van der Waals surface area contributed by atoms with Crippen LogP contribution in [0, 0.1) is 13.8 Å². The number of nitrogens with zero attached hydrogens (tertiary/aromatic N) is 4. The van der Waals surface area contributed by atoms with Crippen LogP contribution in [0.5, 0.6) is 0 Å². The minimum absolute atomic E-state index is 0.691. The molecule has 0 aromatic carbocycles. The molecule has 0 amide bonds. The number of fused-ring (bicyclic) bond motifs is 1. The Bertz CT molecular complexity index is 715. The topological polar surface area (TPSA) is 69.1 Å². The Labute approximate surface area is 104 Å². The van der Waals surface area contributed by atoms with Gasteiger partial charge in [-0.2, -0.15) is 5.10 Å². The van der Waals surface area contributed by atoms with Gasteiger partial charge in [0.1, 0.15) is 11.3 Å². The molecular formula is C13H13N5. The third-order valence-electron chi connectivity index (χ3n) is 3.02. The van der Waals surface area contributed by atoms with Gasteiger partial charge in [-0.3, -0.25) is 4.98 Å². The van der Waals surface area contributed by atoms with Crippen molar-refractivity contribution in [3.63, 3.8) is 0 Å². The van der Waals surface area contributed by atoms with Gasteiger partial charge in [0.2, 0.25) is 0 Å². The molecule has 0 aliphatic heterocycles. The van der Waals surface area contributed by atoms with Crippen LogP contribution in [0.3, 0.4) is 0 Å². The summed E-state index contributed by atoms with van der Waals surface area (Å²) in [5, 5.41) is 4.52. The summed E-state index contributed by atoms with van der Waals surface area (Å²) in [6.45, 7) is 3.85. The van der Waals surface area contributed by atoms with Crippen molar-refractivity contribution < 1.29 is 0 Å². The zero-order valence-corrected chi connectivity index (χ0v) is 10.3. The van der Waals surface area contributed by atoms with Crippen LogP contribution in [0.15, 0.2) is 30.7 Å². The normalized spacial score (nSPS) is 11.0. The highest BCUT2D eigenvalue weighted by molar-refractivity contribution is 5.87. The number of anilines is 1. The molecule has 18 heavy (non-hydrogen) atoms. The van der Waals surface area contributed by atoms with Gasteiger partial charge >= 0.3 is 0 Å². The highest BCUT2D eigenvalue weighted by Crippen LogP contribution is 2.30. The standard InChI is InChI=1S/C13H13N5/c1-8-12(10-4-3-5-15-6-10)13(14)11-7-16-9(2)18(11)17-8/h3-7H,14H2,1-2H3. The number of aromatic nitrogens is 4. The Morgan fingerprint density at radius 3 is 2.78 bits per heavy atom. The molecule has 0 aliphatic carbocycles. The lowest BCUT2D eigenvalue weighted by atomic mass is 10.0. The first kappa shape index (κ1) is 10.7. The second kappa shape index (κ2) is 3.80. The molecule has 0 atom stereocenters. The van der Waals surface area contributed by atoms with E-state index in [9.17, 15) is 0 Å². The van der Waals surface area contributed by atoms with Gasteiger partial charge in [0, 0.05) is 23.5 Å². The first-order valence-electron chi connectivity index (χ1n) is 5.69. The summed E-state index contributed by atoms with van der Waals surface area (Å²) in [4.78, 5) is 8.36. The molecule has 0 aliphatic rings. The molecule has 0 saturated carbocycles. The van der Waals surface area contributed by atoms with Crippen molar-refractivity contribution >= 4 is 11.2 Å². The predicted molar refractivity (Wildman–Crippen MR) is 70.1 cm³/mol. The molecule has 3 rings (SSSR count). The minimum Gasteiger partial charge on any atom is -0.396 e. The quantitative estimate of drug-likeness (QED) is 0.705. The van der Waals surface area contributed by atoms with E-state index in [0.29, 0.717) is 5.69 Å². The van der Waals surface area contributed by atoms with Crippen LogP contribution >= 0.6 is 0 Å². The van der Waals surface area contributed by atoms with Crippen LogP contribution in [-0.2, 0) is 0 Å².